The number of aromatic nitrogens is 2. The lowest BCUT2D eigenvalue weighted by atomic mass is 9.87. The summed E-state index contributed by atoms with van der Waals surface area (Å²) < 4.78 is 1.76. The second-order valence-electron chi connectivity index (χ2n) is 10.9. The number of aryl methyl sites for hydroxylation is 2. The number of nitrogens with one attached hydrogen (secondary N) is 2. The molecule has 0 unspecified atom stereocenters. The number of rotatable bonds is 5. The molecule has 34 heavy (non-hydrogen) atoms. The van der Waals surface area contributed by atoms with E-state index in [0.29, 0.717) is 11.4 Å². The highest BCUT2D eigenvalue weighted by molar-refractivity contribution is 5.99. The number of hydrogen-bond acceptors (Lipinski definition) is 3. The maximum absolute atomic E-state index is 12.7. The Hall–Kier alpha value is -3.41. The highest BCUT2D eigenvalue weighted by Gasteiger charge is 2.22. The van der Waals surface area contributed by atoms with E-state index in [2.05, 4.69) is 58.2 Å². The van der Waals surface area contributed by atoms with Crippen LogP contribution < -0.4 is 10.6 Å². The third-order valence-corrected chi connectivity index (χ3v) is 5.75. The molecule has 0 radical (unpaired) electrons. The van der Waals surface area contributed by atoms with Crippen LogP contribution in [0.15, 0.2) is 48.5 Å². The van der Waals surface area contributed by atoms with Crippen molar-refractivity contribution in [3.63, 3.8) is 0 Å². The van der Waals surface area contributed by atoms with Crippen molar-refractivity contribution in [3.8, 4) is 5.69 Å². The normalized spacial score (nSPS) is 11.9. The summed E-state index contributed by atoms with van der Waals surface area (Å²) in [5.41, 5.74) is 5.49. The largest absolute Gasteiger partial charge is 0.343 e. The lowest BCUT2D eigenvalue weighted by Crippen LogP contribution is -2.33. The Balaban J connectivity index is 1.75. The molecule has 0 fully saturated rings. The minimum atomic E-state index is -0.314. The minimum absolute atomic E-state index is 0.0134. The van der Waals surface area contributed by atoms with E-state index in [-0.39, 0.29) is 29.2 Å². The van der Waals surface area contributed by atoms with Gasteiger partial charge in [-0.05, 0) is 48.6 Å². The van der Waals surface area contributed by atoms with Crippen LogP contribution in [0.5, 0.6) is 0 Å². The molecule has 0 saturated carbocycles. The van der Waals surface area contributed by atoms with Crippen molar-refractivity contribution in [2.45, 2.75) is 66.2 Å². The van der Waals surface area contributed by atoms with Crippen molar-refractivity contribution >= 4 is 17.6 Å². The molecule has 0 spiro atoms. The molecule has 3 aromatic rings. The Bertz CT molecular complexity index is 1190. The lowest BCUT2D eigenvalue weighted by molar-refractivity contribution is -0.115. The first-order valence-electron chi connectivity index (χ1n) is 11.6. The summed E-state index contributed by atoms with van der Waals surface area (Å²) >= 11 is 0. The van der Waals surface area contributed by atoms with Crippen LogP contribution in [0, 0.1) is 13.8 Å². The monoisotopic (exact) mass is 460 g/mol. The molecule has 6 nitrogen and oxygen atoms in total. The standard InChI is InChI=1S/C28H36N4O2/c1-18-9-14-22(19(2)15-18)32-24(16-23(31-32)28(6,7)8)30-25(33)17-29-26(34)20-10-12-21(13-11-20)27(3,4)5/h9-16H,17H2,1-8H3,(H,29,34)(H,30,33). The average Bonchev–Trinajstić information content (AvgIpc) is 3.15. The first kappa shape index (κ1) is 25.2. The summed E-state index contributed by atoms with van der Waals surface area (Å²) in [5.74, 6) is -0.0226. The first-order valence-corrected chi connectivity index (χ1v) is 11.6. The van der Waals surface area contributed by atoms with Crippen LogP contribution in [0.1, 0.15) is 74.3 Å². The Kier molecular flexibility index (Phi) is 7.01. The molecule has 2 amide bonds. The Labute approximate surface area is 202 Å². The zero-order valence-electron chi connectivity index (χ0n) is 21.5. The Morgan fingerprint density at radius 1 is 0.882 bits per heavy atom. The Morgan fingerprint density at radius 3 is 2.09 bits per heavy atom. The van der Waals surface area contributed by atoms with E-state index in [4.69, 9.17) is 5.10 Å². The number of hydrogen-bond donors (Lipinski definition) is 2. The van der Waals surface area contributed by atoms with E-state index in [9.17, 15) is 9.59 Å². The van der Waals surface area contributed by atoms with Crippen molar-refractivity contribution in [3.05, 3.63) is 76.5 Å². The van der Waals surface area contributed by atoms with E-state index >= 15 is 0 Å². The fraction of sp³-hybridized carbons (Fsp3) is 0.393. The van der Waals surface area contributed by atoms with Crippen LogP contribution in [0.4, 0.5) is 5.82 Å². The third kappa shape index (κ3) is 5.93. The van der Waals surface area contributed by atoms with Gasteiger partial charge in [-0.3, -0.25) is 9.59 Å². The van der Waals surface area contributed by atoms with Gasteiger partial charge < -0.3 is 10.6 Å². The average molecular weight is 461 g/mol. The van der Waals surface area contributed by atoms with Crippen LogP contribution in [0.2, 0.25) is 0 Å². The SMILES string of the molecule is Cc1ccc(-n2nc(C(C)(C)C)cc2NC(=O)CNC(=O)c2ccc(C(C)(C)C)cc2)c(C)c1. The number of benzene rings is 2. The van der Waals surface area contributed by atoms with Gasteiger partial charge in [-0.15, -0.1) is 0 Å². The van der Waals surface area contributed by atoms with Gasteiger partial charge in [0.05, 0.1) is 17.9 Å². The molecule has 1 heterocycles. The predicted molar refractivity (Wildman–Crippen MR) is 138 cm³/mol. The smallest absolute Gasteiger partial charge is 0.251 e. The zero-order valence-corrected chi connectivity index (χ0v) is 21.5. The van der Waals surface area contributed by atoms with Gasteiger partial charge in [0.15, 0.2) is 0 Å². The fourth-order valence-corrected chi connectivity index (χ4v) is 3.63. The lowest BCUT2D eigenvalue weighted by Gasteiger charge is -2.19. The maximum Gasteiger partial charge on any atom is 0.251 e. The molecule has 0 aliphatic carbocycles. The molecule has 2 N–H and O–H groups in total. The summed E-state index contributed by atoms with van der Waals surface area (Å²) in [4.78, 5) is 25.3. The van der Waals surface area contributed by atoms with E-state index in [0.717, 1.165) is 28.1 Å². The second-order valence-corrected chi connectivity index (χ2v) is 10.9. The minimum Gasteiger partial charge on any atom is -0.343 e. The zero-order chi connectivity index (χ0) is 25.3. The summed E-state index contributed by atoms with van der Waals surface area (Å²) in [6.07, 6.45) is 0. The van der Waals surface area contributed by atoms with Gasteiger partial charge >= 0.3 is 0 Å². The number of amides is 2. The van der Waals surface area contributed by atoms with Gasteiger partial charge in [0, 0.05) is 17.0 Å². The molecular weight excluding hydrogens is 424 g/mol. The molecule has 6 heteroatoms. The van der Waals surface area contributed by atoms with E-state index in [1.807, 2.05) is 44.2 Å². The molecule has 2 aromatic carbocycles. The number of carbonyl (C=O) groups excluding carboxylic acids is 2. The molecule has 0 saturated heterocycles. The van der Waals surface area contributed by atoms with Crippen molar-refractivity contribution in [2.24, 2.45) is 0 Å². The fourth-order valence-electron chi connectivity index (χ4n) is 3.63. The number of nitrogens with zero attached hydrogens (tertiary/aromatic N) is 2. The first-order chi connectivity index (χ1) is 15.8. The highest BCUT2D eigenvalue weighted by atomic mass is 16.2. The summed E-state index contributed by atoms with van der Waals surface area (Å²) in [7, 11) is 0. The van der Waals surface area contributed by atoms with Crippen LogP contribution in [-0.4, -0.2) is 28.1 Å². The van der Waals surface area contributed by atoms with Crippen molar-refractivity contribution in [1.29, 1.82) is 0 Å². The van der Waals surface area contributed by atoms with Crippen molar-refractivity contribution < 1.29 is 9.59 Å². The van der Waals surface area contributed by atoms with Crippen LogP contribution in [0.25, 0.3) is 5.69 Å². The highest BCUT2D eigenvalue weighted by Crippen LogP contribution is 2.28. The molecule has 0 aliphatic rings. The van der Waals surface area contributed by atoms with Gasteiger partial charge in [-0.2, -0.15) is 5.10 Å². The van der Waals surface area contributed by atoms with Gasteiger partial charge in [0.1, 0.15) is 5.82 Å². The summed E-state index contributed by atoms with van der Waals surface area (Å²) in [6, 6.07) is 15.5. The van der Waals surface area contributed by atoms with Gasteiger partial charge in [-0.25, -0.2) is 4.68 Å². The molecule has 0 bridgehead atoms. The van der Waals surface area contributed by atoms with Crippen molar-refractivity contribution in [1.82, 2.24) is 15.1 Å². The van der Waals surface area contributed by atoms with Crippen molar-refractivity contribution in [2.75, 3.05) is 11.9 Å². The van der Waals surface area contributed by atoms with Gasteiger partial charge in [0.2, 0.25) is 5.91 Å². The van der Waals surface area contributed by atoms with Crippen LogP contribution in [-0.2, 0) is 15.6 Å². The quantitative estimate of drug-likeness (QED) is 0.531. The van der Waals surface area contributed by atoms with Gasteiger partial charge in [-0.1, -0.05) is 71.4 Å². The predicted octanol–water partition coefficient (Wildman–Crippen LogP) is 5.45. The Morgan fingerprint density at radius 2 is 1.53 bits per heavy atom. The second kappa shape index (κ2) is 9.45. The summed E-state index contributed by atoms with van der Waals surface area (Å²) in [5, 5.41) is 10.4. The summed E-state index contributed by atoms with van der Waals surface area (Å²) in [6.45, 7) is 16.6. The topological polar surface area (TPSA) is 76.0 Å². The van der Waals surface area contributed by atoms with E-state index in [1.54, 1.807) is 16.8 Å². The molecule has 3 rings (SSSR count). The van der Waals surface area contributed by atoms with E-state index < -0.39 is 0 Å². The van der Waals surface area contributed by atoms with Crippen LogP contribution >= 0.6 is 0 Å². The molecule has 0 aliphatic heterocycles. The number of carbonyl (C=O) groups is 2. The van der Waals surface area contributed by atoms with Crippen LogP contribution in [0.3, 0.4) is 0 Å². The third-order valence-electron chi connectivity index (χ3n) is 5.75. The molecule has 180 valence electrons. The van der Waals surface area contributed by atoms with E-state index in [1.165, 1.54) is 0 Å². The maximum atomic E-state index is 12.7. The van der Waals surface area contributed by atoms with Gasteiger partial charge in [0.25, 0.3) is 5.91 Å². The number of anilines is 1. The molecular formula is C28H36N4O2. The molecule has 1 aromatic heterocycles. The molecule has 0 atom stereocenters.